The van der Waals surface area contributed by atoms with Crippen molar-refractivity contribution in [1.82, 2.24) is 5.32 Å². The molecule has 1 amide bonds. The van der Waals surface area contributed by atoms with Crippen LogP contribution in [-0.2, 0) is 14.4 Å². The van der Waals surface area contributed by atoms with E-state index in [0.29, 0.717) is 12.8 Å². The lowest BCUT2D eigenvalue weighted by Gasteiger charge is -2.02. The van der Waals surface area contributed by atoms with Gasteiger partial charge in [0.15, 0.2) is 0 Å². The first-order chi connectivity index (χ1) is 7.66. The Hall–Kier alpha value is -1.39. The molecule has 16 heavy (non-hydrogen) atoms. The number of carboxylic acids is 1. The Bertz CT molecular complexity index is 228. The van der Waals surface area contributed by atoms with E-state index in [1.54, 1.807) is 0 Å². The number of rotatable bonds is 10. The van der Waals surface area contributed by atoms with Crippen LogP contribution in [0.5, 0.6) is 0 Å². The van der Waals surface area contributed by atoms with Crippen molar-refractivity contribution in [2.75, 3.05) is 6.54 Å². The van der Waals surface area contributed by atoms with Crippen LogP contribution in [0, 0.1) is 0 Å². The summed E-state index contributed by atoms with van der Waals surface area (Å²) in [5, 5.41) is 10.6. The maximum absolute atomic E-state index is 11.1. The van der Waals surface area contributed by atoms with Crippen molar-refractivity contribution in [1.29, 1.82) is 0 Å². The molecule has 0 bridgehead atoms. The minimum atomic E-state index is -1.03. The molecule has 5 nitrogen and oxygen atoms in total. The van der Waals surface area contributed by atoms with Gasteiger partial charge < -0.3 is 15.2 Å². The third-order valence-electron chi connectivity index (χ3n) is 2.16. The Balaban J connectivity index is 3.21. The summed E-state index contributed by atoms with van der Waals surface area (Å²) in [4.78, 5) is 31.2. The number of carboxylic acid groups (broad SMARTS) is 1. The van der Waals surface area contributed by atoms with Crippen molar-refractivity contribution in [2.45, 2.75) is 44.9 Å². The van der Waals surface area contributed by atoms with Gasteiger partial charge in [-0.1, -0.05) is 19.3 Å². The third kappa shape index (κ3) is 10.7. The van der Waals surface area contributed by atoms with Gasteiger partial charge in [-0.2, -0.15) is 0 Å². The van der Waals surface area contributed by atoms with E-state index in [2.05, 4.69) is 5.32 Å². The fourth-order valence-electron chi connectivity index (χ4n) is 1.31. The van der Waals surface area contributed by atoms with Crippen molar-refractivity contribution in [3.05, 3.63) is 0 Å². The van der Waals surface area contributed by atoms with E-state index < -0.39 is 5.97 Å². The number of aldehydes is 1. The van der Waals surface area contributed by atoms with Gasteiger partial charge in [0.1, 0.15) is 12.8 Å². The van der Waals surface area contributed by atoms with E-state index in [1.165, 1.54) is 0 Å². The van der Waals surface area contributed by atoms with Crippen LogP contribution in [-0.4, -0.2) is 29.8 Å². The van der Waals surface area contributed by atoms with Gasteiger partial charge in [-0.05, 0) is 12.8 Å². The SMILES string of the molecule is O=CCCCCCCCC(=O)NCC(=O)O. The zero-order chi connectivity index (χ0) is 12.2. The maximum Gasteiger partial charge on any atom is 0.322 e. The summed E-state index contributed by atoms with van der Waals surface area (Å²) in [6.45, 7) is -0.307. The number of hydrogen-bond acceptors (Lipinski definition) is 3. The second-order valence-corrected chi connectivity index (χ2v) is 3.64. The third-order valence-corrected chi connectivity index (χ3v) is 2.16. The first-order valence-corrected chi connectivity index (χ1v) is 5.59. The van der Waals surface area contributed by atoms with Gasteiger partial charge in [0.2, 0.25) is 5.91 Å². The highest BCUT2D eigenvalue weighted by molar-refractivity contribution is 5.80. The molecule has 0 atom stereocenters. The molecule has 0 fully saturated rings. The lowest BCUT2D eigenvalue weighted by molar-refractivity contribution is -0.137. The number of carbonyl (C=O) groups excluding carboxylic acids is 2. The lowest BCUT2D eigenvalue weighted by Crippen LogP contribution is -2.28. The van der Waals surface area contributed by atoms with Crippen molar-refractivity contribution in [2.24, 2.45) is 0 Å². The van der Waals surface area contributed by atoms with Crippen LogP contribution in [0.3, 0.4) is 0 Å². The summed E-state index contributed by atoms with van der Waals surface area (Å²) in [7, 11) is 0. The number of nitrogens with one attached hydrogen (secondary N) is 1. The Morgan fingerprint density at radius 2 is 1.69 bits per heavy atom. The van der Waals surface area contributed by atoms with Gasteiger partial charge in [0.25, 0.3) is 0 Å². The zero-order valence-corrected chi connectivity index (χ0v) is 9.41. The average molecular weight is 229 g/mol. The van der Waals surface area contributed by atoms with Crippen molar-refractivity contribution >= 4 is 18.2 Å². The summed E-state index contributed by atoms with van der Waals surface area (Å²) in [6.07, 6.45) is 6.55. The molecule has 0 saturated heterocycles. The second kappa shape index (κ2) is 10.1. The molecule has 92 valence electrons. The van der Waals surface area contributed by atoms with Crippen LogP contribution >= 0.6 is 0 Å². The monoisotopic (exact) mass is 229 g/mol. The van der Waals surface area contributed by atoms with Crippen molar-refractivity contribution in [3.8, 4) is 0 Å². The van der Waals surface area contributed by atoms with Gasteiger partial charge in [0.05, 0.1) is 0 Å². The molecule has 0 aliphatic carbocycles. The molecule has 2 N–H and O–H groups in total. The van der Waals surface area contributed by atoms with E-state index in [-0.39, 0.29) is 12.5 Å². The smallest absolute Gasteiger partial charge is 0.322 e. The molecular weight excluding hydrogens is 210 g/mol. The molecule has 0 spiro atoms. The lowest BCUT2D eigenvalue weighted by atomic mass is 10.1. The molecule has 0 aromatic rings. The number of carbonyl (C=O) groups is 3. The molecule has 0 aromatic heterocycles. The highest BCUT2D eigenvalue weighted by Gasteiger charge is 2.02. The summed E-state index contributed by atoms with van der Waals surface area (Å²) in [5.41, 5.74) is 0. The van der Waals surface area contributed by atoms with E-state index in [0.717, 1.165) is 38.4 Å². The number of hydrogen-bond donors (Lipinski definition) is 2. The number of amides is 1. The molecule has 0 aromatic carbocycles. The van der Waals surface area contributed by atoms with Gasteiger partial charge in [-0.25, -0.2) is 0 Å². The van der Waals surface area contributed by atoms with Crippen LogP contribution in [0.2, 0.25) is 0 Å². The minimum absolute atomic E-state index is 0.213. The fourth-order valence-corrected chi connectivity index (χ4v) is 1.31. The van der Waals surface area contributed by atoms with Crippen molar-refractivity contribution in [3.63, 3.8) is 0 Å². The van der Waals surface area contributed by atoms with E-state index in [9.17, 15) is 14.4 Å². The predicted molar refractivity (Wildman–Crippen MR) is 59.0 cm³/mol. The summed E-state index contributed by atoms with van der Waals surface area (Å²) < 4.78 is 0. The van der Waals surface area contributed by atoms with E-state index >= 15 is 0 Å². The normalized spacial score (nSPS) is 9.75. The van der Waals surface area contributed by atoms with Gasteiger partial charge in [0, 0.05) is 12.8 Å². The first-order valence-electron chi connectivity index (χ1n) is 5.59. The Labute approximate surface area is 95.2 Å². The highest BCUT2D eigenvalue weighted by atomic mass is 16.4. The zero-order valence-electron chi connectivity index (χ0n) is 9.41. The second-order valence-electron chi connectivity index (χ2n) is 3.64. The number of aliphatic carboxylic acids is 1. The predicted octanol–water partition coefficient (Wildman–Crippen LogP) is 1.12. The van der Waals surface area contributed by atoms with Crippen LogP contribution in [0.1, 0.15) is 44.9 Å². The van der Waals surface area contributed by atoms with Crippen molar-refractivity contribution < 1.29 is 19.5 Å². The standard InChI is InChI=1S/C11H19NO4/c13-8-6-4-2-1-3-5-7-10(14)12-9-11(15)16/h8H,1-7,9H2,(H,12,14)(H,15,16). The Morgan fingerprint density at radius 3 is 2.31 bits per heavy atom. The minimum Gasteiger partial charge on any atom is -0.480 e. The molecule has 0 saturated carbocycles. The Morgan fingerprint density at radius 1 is 1.06 bits per heavy atom. The van der Waals surface area contributed by atoms with Gasteiger partial charge >= 0.3 is 5.97 Å². The van der Waals surface area contributed by atoms with Crippen LogP contribution in [0.25, 0.3) is 0 Å². The number of unbranched alkanes of at least 4 members (excludes halogenated alkanes) is 5. The van der Waals surface area contributed by atoms with Gasteiger partial charge in [-0.3, -0.25) is 9.59 Å². The van der Waals surface area contributed by atoms with E-state index in [4.69, 9.17) is 5.11 Å². The molecule has 0 unspecified atom stereocenters. The summed E-state index contributed by atoms with van der Waals surface area (Å²) in [5.74, 6) is -1.24. The van der Waals surface area contributed by atoms with Crippen LogP contribution in [0.15, 0.2) is 0 Å². The molecule has 0 heterocycles. The van der Waals surface area contributed by atoms with Crippen LogP contribution < -0.4 is 5.32 Å². The quantitative estimate of drug-likeness (QED) is 0.434. The topological polar surface area (TPSA) is 83.5 Å². The molecule has 0 aliphatic rings. The van der Waals surface area contributed by atoms with E-state index in [1.807, 2.05) is 0 Å². The molecule has 0 aliphatic heterocycles. The largest absolute Gasteiger partial charge is 0.480 e. The maximum atomic E-state index is 11.1. The molecule has 0 radical (unpaired) electrons. The Kier molecular flexibility index (Phi) is 9.26. The van der Waals surface area contributed by atoms with Gasteiger partial charge in [-0.15, -0.1) is 0 Å². The molecular formula is C11H19NO4. The first kappa shape index (κ1) is 14.6. The fraction of sp³-hybridized carbons (Fsp3) is 0.727. The van der Waals surface area contributed by atoms with Crippen LogP contribution in [0.4, 0.5) is 0 Å². The highest BCUT2D eigenvalue weighted by Crippen LogP contribution is 2.06. The average Bonchev–Trinajstić information content (AvgIpc) is 2.25. The summed E-state index contributed by atoms with van der Waals surface area (Å²) in [6, 6.07) is 0. The molecule has 0 rings (SSSR count). The summed E-state index contributed by atoms with van der Waals surface area (Å²) >= 11 is 0. The molecule has 5 heteroatoms.